The van der Waals surface area contributed by atoms with Crippen LogP contribution >= 0.6 is 11.8 Å². The third kappa shape index (κ3) is 1.82. The third-order valence-electron chi connectivity index (χ3n) is 7.23. The monoisotopic (exact) mass is 484 g/mol. The van der Waals surface area contributed by atoms with E-state index in [-0.39, 0.29) is 27.2 Å². The Morgan fingerprint density at radius 1 is 0.719 bits per heavy atom. The number of allylic oxidation sites excluding steroid dienone is 2. The molecule has 0 aromatic heterocycles. The van der Waals surface area contributed by atoms with E-state index in [1.165, 1.54) is 31.2 Å². The van der Waals surface area contributed by atoms with Crippen LogP contribution in [0, 0.1) is 0 Å². The van der Waals surface area contributed by atoms with Crippen LogP contribution in [0.25, 0.3) is 11.1 Å². The van der Waals surface area contributed by atoms with Crippen molar-refractivity contribution in [3.8, 4) is 0 Å². The minimum atomic E-state index is -5.63. The average molecular weight is 484 g/mol. The molecule has 1 nitrogen and oxygen atoms in total. The molecule has 1 unspecified atom stereocenters. The fourth-order valence-electron chi connectivity index (χ4n) is 5.58. The Kier molecular flexibility index (Phi) is 3.57. The van der Waals surface area contributed by atoms with E-state index in [9.17, 15) is 13.0 Å². The lowest BCUT2D eigenvalue weighted by atomic mass is 9.68. The summed E-state index contributed by atoms with van der Waals surface area (Å²) in [5.74, 6) is -15.9. The zero-order chi connectivity index (χ0) is 23.1. The van der Waals surface area contributed by atoms with Crippen molar-refractivity contribution in [1.82, 2.24) is 0 Å². The molecule has 1 fully saturated rings. The first-order valence-corrected chi connectivity index (χ1v) is 11.7. The molecular weight excluding hydrogens is 470 g/mol. The number of halogens is 6. The van der Waals surface area contributed by atoms with E-state index in [2.05, 4.69) is 0 Å². The zero-order valence-electron chi connectivity index (χ0n) is 16.6. The van der Waals surface area contributed by atoms with Gasteiger partial charge in [0.1, 0.15) is 0 Å². The van der Waals surface area contributed by atoms with Gasteiger partial charge < -0.3 is 0 Å². The number of hydrogen-bond acceptors (Lipinski definition) is 2. The molecular formula is C23H14F6OS2. The molecule has 0 amide bonds. The van der Waals surface area contributed by atoms with Crippen LogP contribution in [-0.4, -0.2) is 31.5 Å². The average Bonchev–Trinajstić information content (AvgIpc) is 3.20. The molecule has 2 aromatic rings. The van der Waals surface area contributed by atoms with E-state index in [0.717, 1.165) is 11.8 Å². The van der Waals surface area contributed by atoms with Crippen molar-refractivity contribution >= 4 is 33.7 Å². The molecule has 9 heteroatoms. The van der Waals surface area contributed by atoms with Crippen LogP contribution in [0.2, 0.25) is 0 Å². The predicted molar refractivity (Wildman–Crippen MR) is 111 cm³/mol. The first kappa shape index (κ1) is 20.6. The van der Waals surface area contributed by atoms with E-state index in [1.54, 1.807) is 31.2 Å². The van der Waals surface area contributed by atoms with Gasteiger partial charge in [0.2, 0.25) is 0 Å². The minimum Gasteiger partial charge on any atom is -0.253 e. The van der Waals surface area contributed by atoms with E-state index in [1.807, 2.05) is 0 Å². The third-order valence-corrected chi connectivity index (χ3v) is 11.1. The summed E-state index contributed by atoms with van der Waals surface area (Å²) in [6.45, 7) is 3.01. The van der Waals surface area contributed by atoms with Crippen LogP contribution in [0.4, 0.5) is 26.3 Å². The van der Waals surface area contributed by atoms with Crippen molar-refractivity contribution < 1.29 is 30.6 Å². The fraction of sp³-hybridized carbons (Fsp3) is 0.304. The van der Waals surface area contributed by atoms with Crippen molar-refractivity contribution in [2.24, 2.45) is 0 Å². The summed E-state index contributed by atoms with van der Waals surface area (Å²) in [6, 6.07) is 12.2. The highest BCUT2D eigenvalue weighted by atomic mass is 32.2. The van der Waals surface area contributed by atoms with Crippen LogP contribution in [0.15, 0.2) is 69.5 Å². The molecule has 0 N–H and O–H groups in total. The lowest BCUT2D eigenvalue weighted by Gasteiger charge is -2.46. The van der Waals surface area contributed by atoms with Crippen molar-refractivity contribution in [3.05, 3.63) is 70.8 Å². The Balaban J connectivity index is 1.89. The SMILES string of the molecule is C[C@@]12C(=C3C(=C4c5ccccc5S[C@]41C)C(F)(F)C(F)(F)C3(F)F)c1ccccc1S2=O. The van der Waals surface area contributed by atoms with Gasteiger partial charge in [-0.25, -0.2) is 0 Å². The quantitative estimate of drug-likeness (QED) is 0.394. The minimum absolute atomic E-state index is 0.0610. The lowest BCUT2D eigenvalue weighted by molar-refractivity contribution is -0.257. The Bertz CT molecular complexity index is 1340. The van der Waals surface area contributed by atoms with E-state index in [4.69, 9.17) is 0 Å². The van der Waals surface area contributed by atoms with Crippen LogP contribution in [0.1, 0.15) is 25.0 Å². The van der Waals surface area contributed by atoms with Gasteiger partial charge in [0.25, 0.3) is 0 Å². The van der Waals surface area contributed by atoms with E-state index >= 15 is 17.6 Å². The largest absolute Gasteiger partial charge is 0.380 e. The highest BCUT2D eigenvalue weighted by Crippen LogP contribution is 2.76. The van der Waals surface area contributed by atoms with Gasteiger partial charge in [-0.05, 0) is 48.3 Å². The summed E-state index contributed by atoms with van der Waals surface area (Å²) in [6.07, 6.45) is 0. The maximum absolute atomic E-state index is 15.3. The Morgan fingerprint density at radius 2 is 1.25 bits per heavy atom. The van der Waals surface area contributed by atoms with Gasteiger partial charge in [0.05, 0.1) is 20.3 Å². The molecule has 0 saturated heterocycles. The summed E-state index contributed by atoms with van der Waals surface area (Å²) in [4.78, 5) is 0.687. The Labute approximate surface area is 186 Å². The predicted octanol–water partition coefficient (Wildman–Crippen LogP) is 6.57. The van der Waals surface area contributed by atoms with Crippen molar-refractivity contribution in [1.29, 1.82) is 0 Å². The topological polar surface area (TPSA) is 17.1 Å². The Hall–Kier alpha value is -2.00. The van der Waals surface area contributed by atoms with Gasteiger partial charge in [-0.1, -0.05) is 36.4 Å². The van der Waals surface area contributed by atoms with Crippen molar-refractivity contribution in [2.75, 3.05) is 0 Å². The number of benzene rings is 2. The normalized spacial score (nSPS) is 34.7. The highest BCUT2D eigenvalue weighted by molar-refractivity contribution is 8.03. The number of thioether (sulfide) groups is 1. The van der Waals surface area contributed by atoms with Crippen molar-refractivity contribution in [2.45, 2.75) is 50.9 Å². The summed E-state index contributed by atoms with van der Waals surface area (Å²) < 4.78 is 101. The molecule has 4 aliphatic rings. The number of rotatable bonds is 0. The summed E-state index contributed by atoms with van der Waals surface area (Å²) in [7, 11) is -1.95. The molecule has 2 aliphatic carbocycles. The maximum atomic E-state index is 15.3. The maximum Gasteiger partial charge on any atom is 0.380 e. The summed E-state index contributed by atoms with van der Waals surface area (Å²) >= 11 is 1.11. The van der Waals surface area contributed by atoms with Gasteiger partial charge in [-0.15, -0.1) is 11.8 Å². The van der Waals surface area contributed by atoms with Crippen molar-refractivity contribution in [3.63, 3.8) is 0 Å². The molecule has 32 heavy (non-hydrogen) atoms. The number of hydrogen-bond donors (Lipinski definition) is 0. The van der Waals surface area contributed by atoms with Crippen LogP contribution in [0.3, 0.4) is 0 Å². The molecule has 0 radical (unpaired) electrons. The first-order chi connectivity index (χ1) is 14.8. The summed E-state index contributed by atoms with van der Waals surface area (Å²) in [5.41, 5.74) is -3.08. The molecule has 166 valence electrons. The van der Waals surface area contributed by atoms with E-state index < -0.39 is 49.2 Å². The highest BCUT2D eigenvalue weighted by Gasteiger charge is 2.85. The molecule has 2 heterocycles. The lowest BCUT2D eigenvalue weighted by Crippen LogP contribution is -2.51. The first-order valence-electron chi connectivity index (χ1n) is 9.77. The summed E-state index contributed by atoms with van der Waals surface area (Å²) in [5, 5.41) is 0. The smallest absolute Gasteiger partial charge is 0.253 e. The van der Waals surface area contributed by atoms with E-state index in [0.29, 0.717) is 4.90 Å². The standard InChI is InChI=1S/C23H14F6OS2/c1-19-15(11-7-3-5-9-13(11)31-19)17-18(22(26,27)23(28,29)21(17,24)25)16-12-8-4-6-10-14(12)32(30)20(16,19)2/h3-10H,1-2H3/t19-,20-,32?/m1/s1. The second-order valence-corrected chi connectivity index (χ2v) is 11.9. The molecule has 0 spiro atoms. The molecule has 2 aliphatic heterocycles. The number of fused-ring (bicyclic) bond motifs is 8. The zero-order valence-corrected chi connectivity index (χ0v) is 18.2. The van der Waals surface area contributed by atoms with Crippen LogP contribution < -0.4 is 0 Å². The molecule has 1 saturated carbocycles. The van der Waals surface area contributed by atoms with Gasteiger partial charge in [0.15, 0.2) is 0 Å². The van der Waals surface area contributed by atoms with Crippen LogP contribution in [0.5, 0.6) is 0 Å². The van der Waals surface area contributed by atoms with Gasteiger partial charge in [-0.2, -0.15) is 26.3 Å². The van der Waals surface area contributed by atoms with Gasteiger partial charge >= 0.3 is 17.8 Å². The van der Waals surface area contributed by atoms with Gasteiger partial charge in [-0.3, -0.25) is 4.21 Å². The Morgan fingerprint density at radius 3 is 1.91 bits per heavy atom. The van der Waals surface area contributed by atoms with Gasteiger partial charge in [0, 0.05) is 20.9 Å². The second kappa shape index (κ2) is 5.55. The molecule has 3 atom stereocenters. The second-order valence-electron chi connectivity index (χ2n) is 8.65. The fourth-order valence-corrected chi connectivity index (χ4v) is 9.28. The molecule has 2 aromatic carbocycles. The molecule has 6 rings (SSSR count). The molecule has 0 bridgehead atoms. The number of alkyl halides is 6. The van der Waals surface area contributed by atoms with Crippen LogP contribution in [-0.2, 0) is 10.8 Å².